The molecule has 1 aromatic heterocycles. The standard InChI is InChI=1S/C17H11BrN2O/c1-10-3-2-4-12(16(10)18)17(21)14-9-20-15-6-5-11(8-19)7-13(14)15/h2-7,9,20H,1H3. The third-order valence-electron chi connectivity index (χ3n) is 3.49. The van der Waals surface area contributed by atoms with E-state index in [4.69, 9.17) is 5.26 Å². The lowest BCUT2D eigenvalue weighted by Gasteiger charge is -2.05. The zero-order valence-corrected chi connectivity index (χ0v) is 12.9. The van der Waals surface area contributed by atoms with E-state index in [1.807, 2.05) is 25.1 Å². The zero-order valence-electron chi connectivity index (χ0n) is 11.3. The van der Waals surface area contributed by atoms with Gasteiger partial charge in [0.1, 0.15) is 0 Å². The molecule has 0 saturated carbocycles. The number of H-pyrrole nitrogens is 1. The molecule has 0 radical (unpaired) electrons. The van der Waals surface area contributed by atoms with Crippen LogP contribution in [0.25, 0.3) is 10.9 Å². The van der Waals surface area contributed by atoms with Crippen LogP contribution in [0.3, 0.4) is 0 Å². The minimum Gasteiger partial charge on any atom is -0.360 e. The first-order chi connectivity index (χ1) is 10.1. The molecular formula is C17H11BrN2O. The number of rotatable bonds is 2. The molecule has 102 valence electrons. The van der Waals surface area contributed by atoms with E-state index >= 15 is 0 Å². The predicted octanol–water partition coefficient (Wildman–Crippen LogP) is 4.34. The van der Waals surface area contributed by atoms with Gasteiger partial charge in [-0.3, -0.25) is 4.79 Å². The number of hydrogen-bond acceptors (Lipinski definition) is 2. The molecule has 0 aliphatic heterocycles. The molecule has 4 heteroatoms. The van der Waals surface area contributed by atoms with E-state index in [0.29, 0.717) is 16.7 Å². The van der Waals surface area contributed by atoms with E-state index in [1.165, 1.54) is 0 Å². The number of halogens is 1. The number of ketones is 1. The molecular weight excluding hydrogens is 328 g/mol. The summed E-state index contributed by atoms with van der Waals surface area (Å²) in [6.45, 7) is 1.95. The van der Waals surface area contributed by atoms with Gasteiger partial charge in [0.25, 0.3) is 0 Å². The first kappa shape index (κ1) is 13.6. The van der Waals surface area contributed by atoms with E-state index < -0.39 is 0 Å². The van der Waals surface area contributed by atoms with E-state index in [1.54, 1.807) is 24.4 Å². The number of carbonyl (C=O) groups excluding carboxylic acids is 1. The van der Waals surface area contributed by atoms with Crippen LogP contribution in [0.4, 0.5) is 0 Å². The first-order valence-corrected chi connectivity index (χ1v) is 7.22. The molecule has 0 fully saturated rings. The van der Waals surface area contributed by atoms with Gasteiger partial charge >= 0.3 is 0 Å². The second-order valence-corrected chi connectivity index (χ2v) is 5.63. The van der Waals surface area contributed by atoms with Crippen LogP contribution >= 0.6 is 15.9 Å². The van der Waals surface area contributed by atoms with Gasteiger partial charge in [0.05, 0.1) is 11.6 Å². The number of aromatic amines is 1. The van der Waals surface area contributed by atoms with Gasteiger partial charge in [-0.05, 0) is 52.7 Å². The number of aromatic nitrogens is 1. The highest BCUT2D eigenvalue weighted by molar-refractivity contribution is 9.10. The fourth-order valence-corrected chi connectivity index (χ4v) is 2.79. The smallest absolute Gasteiger partial charge is 0.196 e. The number of nitrogens with one attached hydrogen (secondary N) is 1. The number of nitriles is 1. The van der Waals surface area contributed by atoms with Crippen LogP contribution in [-0.4, -0.2) is 10.8 Å². The van der Waals surface area contributed by atoms with Crippen LogP contribution in [0.1, 0.15) is 27.0 Å². The van der Waals surface area contributed by atoms with Crippen LogP contribution in [-0.2, 0) is 0 Å². The average Bonchev–Trinajstić information content (AvgIpc) is 2.92. The number of benzene rings is 2. The summed E-state index contributed by atoms with van der Waals surface area (Å²) in [5.41, 5.74) is 3.60. The van der Waals surface area contributed by atoms with E-state index in [0.717, 1.165) is 20.9 Å². The number of hydrogen-bond donors (Lipinski definition) is 1. The highest BCUT2D eigenvalue weighted by atomic mass is 79.9. The third-order valence-corrected chi connectivity index (χ3v) is 4.54. The Bertz CT molecular complexity index is 903. The van der Waals surface area contributed by atoms with Crippen LogP contribution < -0.4 is 0 Å². The molecule has 3 nitrogen and oxygen atoms in total. The lowest BCUT2D eigenvalue weighted by molar-refractivity contribution is 0.103. The molecule has 0 atom stereocenters. The molecule has 0 bridgehead atoms. The summed E-state index contributed by atoms with van der Waals surface area (Å²) in [7, 11) is 0. The highest BCUT2D eigenvalue weighted by Gasteiger charge is 2.17. The van der Waals surface area contributed by atoms with Crippen molar-refractivity contribution in [3.05, 3.63) is 69.3 Å². The Balaban J connectivity index is 2.18. The van der Waals surface area contributed by atoms with Crippen molar-refractivity contribution in [2.75, 3.05) is 0 Å². The number of aryl methyl sites for hydroxylation is 1. The molecule has 3 aromatic rings. The van der Waals surface area contributed by atoms with Crippen LogP contribution in [0.15, 0.2) is 47.1 Å². The second-order valence-electron chi connectivity index (χ2n) is 4.84. The maximum absolute atomic E-state index is 12.8. The summed E-state index contributed by atoms with van der Waals surface area (Å²) >= 11 is 3.48. The number of carbonyl (C=O) groups is 1. The van der Waals surface area contributed by atoms with Crippen LogP contribution in [0, 0.1) is 18.3 Å². The Labute approximate surface area is 130 Å². The van der Waals surface area contributed by atoms with E-state index in [9.17, 15) is 4.79 Å². The van der Waals surface area contributed by atoms with E-state index in [-0.39, 0.29) is 5.78 Å². The van der Waals surface area contributed by atoms with Crippen molar-refractivity contribution in [3.63, 3.8) is 0 Å². The minimum absolute atomic E-state index is 0.0630. The topological polar surface area (TPSA) is 56.6 Å². The average molecular weight is 339 g/mol. The van der Waals surface area contributed by atoms with Crippen molar-refractivity contribution in [2.45, 2.75) is 6.92 Å². The Morgan fingerprint density at radius 1 is 1.24 bits per heavy atom. The van der Waals surface area contributed by atoms with Gasteiger partial charge in [-0.1, -0.05) is 12.1 Å². The molecule has 2 aromatic carbocycles. The maximum atomic E-state index is 12.8. The third kappa shape index (κ3) is 2.26. The van der Waals surface area contributed by atoms with Gasteiger partial charge < -0.3 is 4.98 Å². The van der Waals surface area contributed by atoms with Crippen LogP contribution in [0.2, 0.25) is 0 Å². The summed E-state index contributed by atoms with van der Waals surface area (Å²) in [4.78, 5) is 15.8. The van der Waals surface area contributed by atoms with Crippen molar-refractivity contribution in [2.24, 2.45) is 0 Å². The lowest BCUT2D eigenvalue weighted by Crippen LogP contribution is -2.02. The molecule has 0 unspecified atom stereocenters. The predicted molar refractivity (Wildman–Crippen MR) is 85.3 cm³/mol. The fourth-order valence-electron chi connectivity index (χ4n) is 2.35. The molecule has 0 aliphatic rings. The number of nitrogens with zero attached hydrogens (tertiary/aromatic N) is 1. The normalized spacial score (nSPS) is 10.5. The molecule has 0 saturated heterocycles. The molecule has 0 spiro atoms. The summed E-state index contributed by atoms with van der Waals surface area (Å²) in [6, 6.07) is 13.0. The molecule has 21 heavy (non-hydrogen) atoms. The first-order valence-electron chi connectivity index (χ1n) is 6.43. The van der Waals surface area contributed by atoms with Crippen molar-refractivity contribution >= 4 is 32.6 Å². The molecule has 0 aliphatic carbocycles. The van der Waals surface area contributed by atoms with Crippen molar-refractivity contribution < 1.29 is 4.79 Å². The maximum Gasteiger partial charge on any atom is 0.196 e. The van der Waals surface area contributed by atoms with Gasteiger partial charge in [0, 0.05) is 32.7 Å². The van der Waals surface area contributed by atoms with Gasteiger partial charge in [-0.15, -0.1) is 0 Å². The van der Waals surface area contributed by atoms with Gasteiger partial charge in [-0.25, -0.2) is 0 Å². The van der Waals surface area contributed by atoms with Gasteiger partial charge in [-0.2, -0.15) is 5.26 Å². The summed E-state index contributed by atoms with van der Waals surface area (Å²) in [5.74, 6) is -0.0630. The second kappa shape index (κ2) is 5.19. The highest BCUT2D eigenvalue weighted by Crippen LogP contribution is 2.27. The largest absolute Gasteiger partial charge is 0.360 e. The molecule has 1 N–H and O–H groups in total. The molecule has 0 amide bonds. The number of fused-ring (bicyclic) bond motifs is 1. The van der Waals surface area contributed by atoms with Gasteiger partial charge in [0.15, 0.2) is 5.78 Å². The molecule has 3 rings (SSSR count). The monoisotopic (exact) mass is 338 g/mol. The Morgan fingerprint density at radius 3 is 2.81 bits per heavy atom. The minimum atomic E-state index is -0.0630. The quantitative estimate of drug-likeness (QED) is 0.706. The van der Waals surface area contributed by atoms with Crippen molar-refractivity contribution in [3.8, 4) is 6.07 Å². The zero-order chi connectivity index (χ0) is 15.0. The SMILES string of the molecule is Cc1cccc(C(=O)c2c[nH]c3ccc(C#N)cc23)c1Br. The summed E-state index contributed by atoms with van der Waals surface area (Å²) in [6.07, 6.45) is 1.70. The van der Waals surface area contributed by atoms with Crippen molar-refractivity contribution in [1.29, 1.82) is 5.26 Å². The summed E-state index contributed by atoms with van der Waals surface area (Å²) < 4.78 is 0.806. The van der Waals surface area contributed by atoms with Gasteiger partial charge in [0.2, 0.25) is 0 Å². The van der Waals surface area contributed by atoms with E-state index in [2.05, 4.69) is 27.0 Å². The fraction of sp³-hybridized carbons (Fsp3) is 0.0588. The van der Waals surface area contributed by atoms with Crippen LogP contribution in [0.5, 0.6) is 0 Å². The van der Waals surface area contributed by atoms with Crippen molar-refractivity contribution in [1.82, 2.24) is 4.98 Å². The lowest BCUT2D eigenvalue weighted by atomic mass is 10.0. The summed E-state index contributed by atoms with van der Waals surface area (Å²) in [5, 5.41) is 9.78. The Kier molecular flexibility index (Phi) is 3.36. The Hall–Kier alpha value is -2.38. The Morgan fingerprint density at radius 2 is 2.05 bits per heavy atom. The molecule has 1 heterocycles.